The van der Waals surface area contributed by atoms with E-state index in [0.29, 0.717) is 19.3 Å². The van der Waals surface area contributed by atoms with Gasteiger partial charge in [0.05, 0.1) is 0 Å². The Kier molecular flexibility index (Phi) is 56.9. The molecule has 0 saturated heterocycles. The van der Waals surface area contributed by atoms with Crippen molar-refractivity contribution in [2.45, 2.75) is 271 Å². The highest BCUT2D eigenvalue weighted by molar-refractivity contribution is 5.71. The van der Waals surface area contributed by atoms with E-state index in [1.807, 2.05) is 6.08 Å². The molecule has 0 aromatic heterocycles. The van der Waals surface area contributed by atoms with Crippen molar-refractivity contribution < 1.29 is 28.6 Å². The molecule has 0 aliphatic rings. The molecule has 0 N–H and O–H groups in total. The second-order valence-electron chi connectivity index (χ2n) is 19.5. The Labute approximate surface area is 450 Å². The molecule has 1 atom stereocenters. The van der Waals surface area contributed by atoms with Crippen LogP contribution in [0.25, 0.3) is 0 Å². The van der Waals surface area contributed by atoms with Crippen molar-refractivity contribution in [3.63, 3.8) is 0 Å². The third-order valence-electron chi connectivity index (χ3n) is 12.5. The summed E-state index contributed by atoms with van der Waals surface area (Å²) in [6.07, 6.45) is 83.4. The van der Waals surface area contributed by atoms with Gasteiger partial charge in [-0.2, -0.15) is 0 Å². The molecule has 0 unspecified atom stereocenters. The summed E-state index contributed by atoms with van der Waals surface area (Å²) in [5, 5.41) is 0. The second kappa shape index (κ2) is 60.4. The first-order valence-corrected chi connectivity index (χ1v) is 30.0. The van der Waals surface area contributed by atoms with Gasteiger partial charge in [-0.05, 0) is 103 Å². The van der Waals surface area contributed by atoms with Gasteiger partial charge in [-0.25, -0.2) is 0 Å². The van der Waals surface area contributed by atoms with Crippen molar-refractivity contribution in [3.8, 4) is 0 Å². The van der Waals surface area contributed by atoms with Crippen LogP contribution in [0.2, 0.25) is 0 Å². The highest BCUT2D eigenvalue weighted by Gasteiger charge is 2.19. The number of carbonyl (C=O) groups is 3. The predicted octanol–water partition coefficient (Wildman–Crippen LogP) is 20.4. The van der Waals surface area contributed by atoms with E-state index in [4.69, 9.17) is 14.2 Å². The fourth-order valence-corrected chi connectivity index (χ4v) is 7.98. The monoisotopic (exact) mass is 1010 g/mol. The Bertz CT molecular complexity index is 1540. The quantitative estimate of drug-likeness (QED) is 0.0261. The topological polar surface area (TPSA) is 78.9 Å². The highest BCUT2D eigenvalue weighted by atomic mass is 16.6. The number of ether oxygens (including phenoxy) is 3. The first kappa shape index (κ1) is 68.8. The molecular weight excluding hydrogens is 901 g/mol. The summed E-state index contributed by atoms with van der Waals surface area (Å²) < 4.78 is 16.8. The third kappa shape index (κ3) is 58.6. The summed E-state index contributed by atoms with van der Waals surface area (Å²) in [5.41, 5.74) is 0. The largest absolute Gasteiger partial charge is 0.462 e. The molecule has 0 amide bonds. The summed E-state index contributed by atoms with van der Waals surface area (Å²) in [4.78, 5) is 38.2. The summed E-state index contributed by atoms with van der Waals surface area (Å²) in [7, 11) is 0. The number of rotatable bonds is 53. The summed E-state index contributed by atoms with van der Waals surface area (Å²) in [5.74, 6) is -1.03. The normalized spacial score (nSPS) is 13.0. The van der Waals surface area contributed by atoms with Gasteiger partial charge in [0.15, 0.2) is 6.10 Å². The molecule has 0 aromatic carbocycles. The van der Waals surface area contributed by atoms with Crippen molar-refractivity contribution in [1.82, 2.24) is 0 Å². The van der Waals surface area contributed by atoms with Crippen LogP contribution >= 0.6 is 0 Å². The van der Waals surface area contributed by atoms with E-state index < -0.39 is 6.10 Å². The Balaban J connectivity index is 4.56. The Morgan fingerprint density at radius 2 is 0.562 bits per heavy atom. The molecular formula is C67H110O6. The maximum atomic E-state index is 12.9. The van der Waals surface area contributed by atoms with Gasteiger partial charge in [-0.3, -0.25) is 14.4 Å². The number of allylic oxidation sites excluding steroid dienone is 20. The molecule has 6 nitrogen and oxygen atoms in total. The fraction of sp³-hybridized carbons (Fsp3) is 0.657. The standard InChI is InChI=1S/C67H110O6/c1-4-7-10-13-16-19-22-25-28-31-33-36-39-42-45-48-51-54-57-60-66(69)72-63-64(62-71-65(68)59-56-53-50-47-44-41-38-35-30-27-24-21-18-15-12-9-6-3)73-67(70)61-58-55-52-49-46-43-40-37-34-32-29-26-23-20-17-14-11-8-5-2/h7,10,16-17,19-20,25-26,28-29,33-34,36-37,42-43,45-46,51,54,64H,4-6,8-9,11-15,18,21-24,27,30-32,35,38-41,44,47-50,52-53,55-63H2,1-3H3/b10-7-,19-16-,20-17-,28-25-,29-26-,36-33-,37-34-,45-42-,46-43-,54-51-/t64-/m1/s1. The van der Waals surface area contributed by atoms with E-state index in [-0.39, 0.29) is 44.0 Å². The molecule has 0 bridgehead atoms. The van der Waals surface area contributed by atoms with Gasteiger partial charge in [-0.1, -0.05) is 264 Å². The van der Waals surface area contributed by atoms with Gasteiger partial charge in [0, 0.05) is 19.3 Å². The molecule has 73 heavy (non-hydrogen) atoms. The van der Waals surface area contributed by atoms with Crippen LogP contribution in [0.5, 0.6) is 0 Å². The van der Waals surface area contributed by atoms with Gasteiger partial charge in [0.2, 0.25) is 0 Å². The van der Waals surface area contributed by atoms with Crippen molar-refractivity contribution in [1.29, 1.82) is 0 Å². The van der Waals surface area contributed by atoms with E-state index in [1.54, 1.807) is 0 Å². The minimum absolute atomic E-state index is 0.115. The first-order valence-electron chi connectivity index (χ1n) is 30.0. The van der Waals surface area contributed by atoms with Crippen molar-refractivity contribution in [3.05, 3.63) is 122 Å². The molecule has 0 rings (SSSR count). The van der Waals surface area contributed by atoms with E-state index >= 15 is 0 Å². The Morgan fingerprint density at radius 3 is 0.945 bits per heavy atom. The van der Waals surface area contributed by atoms with Crippen LogP contribution in [-0.4, -0.2) is 37.2 Å². The number of carbonyl (C=O) groups excluding carboxylic acids is 3. The summed E-state index contributed by atoms with van der Waals surface area (Å²) in [6.45, 7) is 6.42. The molecule has 0 aliphatic carbocycles. The molecule has 0 aromatic rings. The zero-order valence-electron chi connectivity index (χ0n) is 47.4. The molecule has 0 saturated carbocycles. The maximum absolute atomic E-state index is 12.9. The van der Waals surface area contributed by atoms with Crippen LogP contribution in [0, 0.1) is 0 Å². The van der Waals surface area contributed by atoms with Gasteiger partial charge in [-0.15, -0.1) is 0 Å². The van der Waals surface area contributed by atoms with E-state index in [2.05, 4.69) is 136 Å². The Hall–Kier alpha value is -4.19. The SMILES string of the molecule is CC/C=C\C/C=C\C/C=C\C/C=C\C/C=C\C/C=C\CCC(=O)OC[C@@H](COC(=O)CCCCCCCCCCCCCCCCCCC)OC(=O)CCCCC/C=C\C/C=C\C/C=C\C/C=C\CCCCC. The molecule has 0 spiro atoms. The summed E-state index contributed by atoms with van der Waals surface area (Å²) in [6, 6.07) is 0. The lowest BCUT2D eigenvalue weighted by Gasteiger charge is -2.18. The fourth-order valence-electron chi connectivity index (χ4n) is 7.98. The van der Waals surface area contributed by atoms with Crippen LogP contribution in [0.3, 0.4) is 0 Å². The van der Waals surface area contributed by atoms with Crippen LogP contribution in [0.15, 0.2) is 122 Å². The van der Waals surface area contributed by atoms with E-state index in [9.17, 15) is 14.4 Å². The van der Waals surface area contributed by atoms with Gasteiger partial charge < -0.3 is 14.2 Å². The number of hydrogen-bond donors (Lipinski definition) is 0. The predicted molar refractivity (Wildman–Crippen MR) is 316 cm³/mol. The molecule has 0 heterocycles. The maximum Gasteiger partial charge on any atom is 0.306 e. The van der Waals surface area contributed by atoms with Crippen molar-refractivity contribution in [2.75, 3.05) is 13.2 Å². The van der Waals surface area contributed by atoms with Gasteiger partial charge in [0.25, 0.3) is 0 Å². The van der Waals surface area contributed by atoms with Crippen LogP contribution in [0.1, 0.15) is 265 Å². The smallest absolute Gasteiger partial charge is 0.306 e. The van der Waals surface area contributed by atoms with Crippen LogP contribution < -0.4 is 0 Å². The van der Waals surface area contributed by atoms with Crippen molar-refractivity contribution >= 4 is 17.9 Å². The minimum Gasteiger partial charge on any atom is -0.462 e. The number of unbranched alkanes of at least 4 members (excludes halogenated alkanes) is 22. The molecule has 0 aliphatic heterocycles. The van der Waals surface area contributed by atoms with E-state index in [1.165, 1.54) is 116 Å². The minimum atomic E-state index is -0.828. The molecule has 6 heteroatoms. The lowest BCUT2D eigenvalue weighted by Crippen LogP contribution is -2.30. The summed E-state index contributed by atoms with van der Waals surface area (Å²) >= 11 is 0. The van der Waals surface area contributed by atoms with Crippen LogP contribution in [-0.2, 0) is 28.6 Å². The van der Waals surface area contributed by atoms with Crippen molar-refractivity contribution in [2.24, 2.45) is 0 Å². The third-order valence-corrected chi connectivity index (χ3v) is 12.5. The molecule has 0 radical (unpaired) electrons. The number of hydrogen-bond acceptors (Lipinski definition) is 6. The average molecular weight is 1010 g/mol. The lowest BCUT2D eigenvalue weighted by molar-refractivity contribution is -0.166. The number of esters is 3. The van der Waals surface area contributed by atoms with E-state index in [0.717, 1.165) is 96.3 Å². The average Bonchev–Trinajstić information content (AvgIpc) is 3.39. The molecule has 414 valence electrons. The zero-order valence-corrected chi connectivity index (χ0v) is 47.4. The highest BCUT2D eigenvalue weighted by Crippen LogP contribution is 2.15. The van der Waals surface area contributed by atoms with Gasteiger partial charge >= 0.3 is 17.9 Å². The lowest BCUT2D eigenvalue weighted by atomic mass is 10.0. The van der Waals surface area contributed by atoms with Gasteiger partial charge in [0.1, 0.15) is 13.2 Å². The first-order chi connectivity index (χ1) is 36.0. The Morgan fingerprint density at radius 1 is 0.288 bits per heavy atom. The zero-order chi connectivity index (χ0) is 52.9. The molecule has 0 fully saturated rings. The van der Waals surface area contributed by atoms with Crippen LogP contribution in [0.4, 0.5) is 0 Å². The second-order valence-corrected chi connectivity index (χ2v) is 19.5.